The summed E-state index contributed by atoms with van der Waals surface area (Å²) in [5.41, 5.74) is 0.289. The Balaban J connectivity index is 1.58. The Labute approximate surface area is 112 Å². The van der Waals surface area contributed by atoms with Gasteiger partial charge in [-0.2, -0.15) is 0 Å². The first kappa shape index (κ1) is 12.9. The summed E-state index contributed by atoms with van der Waals surface area (Å²) in [7, 11) is 2.17. The summed E-state index contributed by atoms with van der Waals surface area (Å²) >= 11 is 0. The molecule has 1 spiro atoms. The van der Waals surface area contributed by atoms with E-state index in [4.69, 9.17) is 4.74 Å². The van der Waals surface area contributed by atoms with E-state index >= 15 is 0 Å². The molecule has 0 radical (unpaired) electrons. The molecule has 1 N–H and O–H groups in total. The molecule has 1 saturated heterocycles. The van der Waals surface area contributed by atoms with E-state index in [1.807, 2.05) is 0 Å². The zero-order valence-electron chi connectivity index (χ0n) is 11.9. The average molecular weight is 251 g/mol. The van der Waals surface area contributed by atoms with Gasteiger partial charge in [0.15, 0.2) is 0 Å². The molecule has 3 rings (SSSR count). The van der Waals surface area contributed by atoms with Gasteiger partial charge >= 0.3 is 0 Å². The van der Waals surface area contributed by atoms with Crippen LogP contribution in [-0.2, 0) is 4.74 Å². The summed E-state index contributed by atoms with van der Waals surface area (Å²) in [6.45, 7) is 1.01. The molecule has 0 aromatic rings. The highest BCUT2D eigenvalue weighted by Crippen LogP contribution is 2.44. The first-order valence-electron chi connectivity index (χ1n) is 8.12. The molecule has 1 aliphatic heterocycles. The highest BCUT2D eigenvalue weighted by molar-refractivity contribution is 4.94. The minimum atomic E-state index is 0.289. The summed E-state index contributed by atoms with van der Waals surface area (Å²) in [5.74, 6) is 1.88. The third-order valence-corrected chi connectivity index (χ3v) is 5.80. The fourth-order valence-corrected chi connectivity index (χ4v) is 4.41. The third kappa shape index (κ3) is 2.60. The monoisotopic (exact) mass is 251 g/mol. The molecule has 3 aliphatic rings. The Hall–Kier alpha value is -0.0800. The minimum Gasteiger partial charge on any atom is -0.375 e. The summed E-state index contributed by atoms with van der Waals surface area (Å²) in [4.78, 5) is 0. The minimum absolute atomic E-state index is 0.289. The van der Waals surface area contributed by atoms with Crippen LogP contribution in [0, 0.1) is 11.8 Å². The highest BCUT2D eigenvalue weighted by Gasteiger charge is 2.42. The van der Waals surface area contributed by atoms with Crippen LogP contribution in [0.15, 0.2) is 0 Å². The van der Waals surface area contributed by atoms with Gasteiger partial charge in [0.25, 0.3) is 0 Å². The molecular weight excluding hydrogens is 222 g/mol. The number of hydrogen-bond acceptors (Lipinski definition) is 2. The maximum Gasteiger partial charge on any atom is 0.0685 e. The molecule has 0 amide bonds. The molecule has 3 fully saturated rings. The maximum atomic E-state index is 6.17. The van der Waals surface area contributed by atoms with Gasteiger partial charge in [-0.3, -0.25) is 0 Å². The quantitative estimate of drug-likeness (QED) is 0.825. The average Bonchev–Trinajstić information content (AvgIpc) is 2.76. The zero-order chi connectivity index (χ0) is 12.4. The topological polar surface area (TPSA) is 21.3 Å². The van der Waals surface area contributed by atoms with E-state index in [2.05, 4.69) is 12.4 Å². The normalized spacial score (nSPS) is 33.5. The maximum absolute atomic E-state index is 6.17. The summed E-state index contributed by atoms with van der Waals surface area (Å²) in [5, 5.41) is 3.62. The van der Waals surface area contributed by atoms with Gasteiger partial charge < -0.3 is 10.1 Å². The van der Waals surface area contributed by atoms with Crippen LogP contribution in [0.1, 0.15) is 64.2 Å². The first-order chi connectivity index (χ1) is 8.81. The third-order valence-electron chi connectivity index (χ3n) is 5.80. The van der Waals surface area contributed by atoms with Gasteiger partial charge in [0.1, 0.15) is 0 Å². The van der Waals surface area contributed by atoms with Crippen molar-refractivity contribution in [3.05, 3.63) is 0 Å². The summed E-state index contributed by atoms with van der Waals surface area (Å²) in [6.07, 6.45) is 13.9. The van der Waals surface area contributed by atoms with E-state index in [1.54, 1.807) is 0 Å². The van der Waals surface area contributed by atoms with Gasteiger partial charge in [-0.15, -0.1) is 0 Å². The standard InChI is InChI=1S/C16H29NO/c1-17-15(11-13-5-4-6-13)14-7-10-18-16(12-14)8-2-3-9-16/h13-15,17H,2-12H2,1H3. The fraction of sp³-hybridized carbons (Fsp3) is 1.00. The van der Waals surface area contributed by atoms with Crippen molar-refractivity contribution in [3.8, 4) is 0 Å². The van der Waals surface area contributed by atoms with Crippen LogP contribution in [0.3, 0.4) is 0 Å². The van der Waals surface area contributed by atoms with E-state index in [9.17, 15) is 0 Å². The second-order valence-corrected chi connectivity index (χ2v) is 6.92. The number of rotatable bonds is 4. The molecule has 0 aromatic carbocycles. The van der Waals surface area contributed by atoms with Gasteiger partial charge in [-0.25, -0.2) is 0 Å². The van der Waals surface area contributed by atoms with Gasteiger partial charge in [0.2, 0.25) is 0 Å². The predicted octanol–water partition coefficient (Wildman–Crippen LogP) is 3.50. The van der Waals surface area contributed by atoms with Crippen LogP contribution in [-0.4, -0.2) is 25.3 Å². The lowest BCUT2D eigenvalue weighted by molar-refractivity contribution is -0.0989. The second-order valence-electron chi connectivity index (χ2n) is 6.92. The fourth-order valence-electron chi connectivity index (χ4n) is 4.41. The molecule has 2 aliphatic carbocycles. The van der Waals surface area contributed by atoms with Crippen molar-refractivity contribution in [2.45, 2.75) is 75.9 Å². The first-order valence-corrected chi connectivity index (χ1v) is 8.12. The second kappa shape index (κ2) is 5.50. The van der Waals surface area contributed by atoms with Crippen molar-refractivity contribution >= 4 is 0 Å². The van der Waals surface area contributed by atoms with Crippen molar-refractivity contribution in [2.75, 3.05) is 13.7 Å². The lowest BCUT2D eigenvalue weighted by atomic mass is 9.74. The van der Waals surface area contributed by atoms with Gasteiger partial charge in [0, 0.05) is 12.6 Å². The Bertz CT molecular complexity index is 268. The van der Waals surface area contributed by atoms with E-state index in [0.29, 0.717) is 0 Å². The molecule has 0 bridgehead atoms. The number of nitrogens with one attached hydrogen (secondary N) is 1. The smallest absolute Gasteiger partial charge is 0.0685 e. The molecule has 2 atom stereocenters. The van der Waals surface area contributed by atoms with Gasteiger partial charge in [-0.05, 0) is 51.0 Å². The van der Waals surface area contributed by atoms with Gasteiger partial charge in [-0.1, -0.05) is 32.1 Å². The van der Waals surface area contributed by atoms with Crippen molar-refractivity contribution in [1.29, 1.82) is 0 Å². The molecular formula is C16H29NO. The van der Waals surface area contributed by atoms with Crippen LogP contribution >= 0.6 is 0 Å². The molecule has 2 heteroatoms. The highest BCUT2D eigenvalue weighted by atomic mass is 16.5. The molecule has 2 unspecified atom stereocenters. The van der Waals surface area contributed by atoms with E-state index in [-0.39, 0.29) is 5.60 Å². The Kier molecular flexibility index (Phi) is 3.95. The van der Waals surface area contributed by atoms with Crippen molar-refractivity contribution in [3.63, 3.8) is 0 Å². The molecule has 2 nitrogen and oxygen atoms in total. The molecule has 104 valence electrons. The zero-order valence-corrected chi connectivity index (χ0v) is 11.9. The molecule has 2 saturated carbocycles. The van der Waals surface area contributed by atoms with E-state index < -0.39 is 0 Å². The van der Waals surface area contributed by atoms with E-state index in [0.717, 1.165) is 24.5 Å². The largest absolute Gasteiger partial charge is 0.375 e. The van der Waals surface area contributed by atoms with Crippen LogP contribution in [0.2, 0.25) is 0 Å². The molecule has 18 heavy (non-hydrogen) atoms. The SMILES string of the molecule is CNC(CC1CCC1)C1CCOC2(CCCC2)C1. The Morgan fingerprint density at radius 1 is 1.17 bits per heavy atom. The number of hydrogen-bond donors (Lipinski definition) is 1. The Morgan fingerprint density at radius 2 is 1.94 bits per heavy atom. The predicted molar refractivity (Wildman–Crippen MR) is 74.7 cm³/mol. The lowest BCUT2D eigenvalue weighted by Crippen LogP contribution is -2.45. The van der Waals surface area contributed by atoms with Gasteiger partial charge in [0.05, 0.1) is 5.60 Å². The van der Waals surface area contributed by atoms with Crippen LogP contribution < -0.4 is 5.32 Å². The van der Waals surface area contributed by atoms with Crippen molar-refractivity contribution in [2.24, 2.45) is 11.8 Å². The number of ether oxygens (including phenoxy) is 1. The lowest BCUT2D eigenvalue weighted by Gasteiger charge is -2.42. The summed E-state index contributed by atoms with van der Waals surface area (Å²) < 4.78 is 6.17. The molecule has 1 heterocycles. The Morgan fingerprint density at radius 3 is 2.56 bits per heavy atom. The van der Waals surface area contributed by atoms with Crippen LogP contribution in [0.5, 0.6) is 0 Å². The van der Waals surface area contributed by atoms with Crippen molar-refractivity contribution in [1.82, 2.24) is 5.32 Å². The van der Waals surface area contributed by atoms with Crippen molar-refractivity contribution < 1.29 is 4.74 Å². The summed E-state index contributed by atoms with van der Waals surface area (Å²) in [6, 6.07) is 0.747. The van der Waals surface area contributed by atoms with Crippen LogP contribution in [0.4, 0.5) is 0 Å². The molecule has 0 aromatic heterocycles. The van der Waals surface area contributed by atoms with E-state index in [1.165, 1.54) is 64.2 Å². The van der Waals surface area contributed by atoms with Crippen LogP contribution in [0.25, 0.3) is 0 Å².